The van der Waals surface area contributed by atoms with Crippen LogP contribution in [0.1, 0.15) is 5.01 Å². The molecular weight excluding hydrogens is 324 g/mol. The van der Waals surface area contributed by atoms with Crippen LogP contribution in [0.5, 0.6) is 0 Å². The molecule has 0 aromatic carbocycles. The molecule has 24 heavy (non-hydrogen) atoms. The highest BCUT2D eigenvalue weighted by molar-refractivity contribution is 7.15. The molecular formula is C15H14N8S. The molecule has 4 aromatic heterocycles. The number of hydrogen-bond donors (Lipinski definition) is 2. The zero-order chi connectivity index (χ0) is 16.5. The normalized spacial score (nSPS) is 10.9. The number of aromatic amines is 1. The largest absolute Gasteiger partial charge is 0.341 e. The lowest BCUT2D eigenvalue weighted by Gasteiger charge is -2.16. The van der Waals surface area contributed by atoms with Gasteiger partial charge >= 0.3 is 0 Å². The first kappa shape index (κ1) is 14.5. The molecule has 9 heteroatoms. The van der Waals surface area contributed by atoms with Gasteiger partial charge in [-0.15, -0.1) is 10.2 Å². The van der Waals surface area contributed by atoms with E-state index in [0.29, 0.717) is 5.82 Å². The van der Waals surface area contributed by atoms with Gasteiger partial charge in [0, 0.05) is 13.2 Å². The van der Waals surface area contributed by atoms with E-state index in [4.69, 9.17) is 0 Å². The third-order valence-electron chi connectivity index (χ3n) is 3.54. The molecule has 0 aliphatic heterocycles. The van der Waals surface area contributed by atoms with Gasteiger partial charge in [-0.25, -0.2) is 4.98 Å². The maximum atomic E-state index is 4.62. The van der Waals surface area contributed by atoms with Crippen molar-refractivity contribution >= 4 is 44.7 Å². The van der Waals surface area contributed by atoms with E-state index in [1.807, 2.05) is 49.5 Å². The van der Waals surface area contributed by atoms with Gasteiger partial charge in [0.1, 0.15) is 10.8 Å². The topological polar surface area (TPSA) is 95.5 Å². The molecule has 0 saturated heterocycles. The highest BCUT2D eigenvalue weighted by Crippen LogP contribution is 2.26. The van der Waals surface area contributed by atoms with Gasteiger partial charge in [-0.05, 0) is 25.1 Å². The standard InChI is InChI=1S/C15H14N8S/c1-9-21-22-15(24-9)20-14-4-3-12-13(19-14)5-10(6-16-12)23(2)11-7-17-18-8-11/h3-8H,1-2H3,(H,17,18)(H,19,20,22). The van der Waals surface area contributed by atoms with E-state index in [1.54, 1.807) is 6.20 Å². The molecule has 120 valence electrons. The summed E-state index contributed by atoms with van der Waals surface area (Å²) in [4.78, 5) is 11.1. The van der Waals surface area contributed by atoms with Gasteiger partial charge < -0.3 is 10.2 Å². The lowest BCUT2D eigenvalue weighted by Crippen LogP contribution is -2.09. The van der Waals surface area contributed by atoms with Crippen LogP contribution >= 0.6 is 11.3 Å². The van der Waals surface area contributed by atoms with Gasteiger partial charge in [0.05, 0.1) is 34.8 Å². The number of anilines is 4. The number of nitrogens with zero attached hydrogens (tertiary/aromatic N) is 6. The first-order valence-electron chi connectivity index (χ1n) is 7.25. The van der Waals surface area contributed by atoms with Gasteiger partial charge in [-0.1, -0.05) is 11.3 Å². The summed E-state index contributed by atoms with van der Waals surface area (Å²) in [6, 6.07) is 5.80. The lowest BCUT2D eigenvalue weighted by atomic mass is 10.2. The SMILES string of the molecule is Cc1nnc(Nc2ccc3ncc(N(C)c4cn[nH]c4)cc3n2)s1. The quantitative estimate of drug-likeness (QED) is 0.590. The van der Waals surface area contributed by atoms with Gasteiger partial charge in [0.15, 0.2) is 0 Å². The van der Waals surface area contributed by atoms with Crippen molar-refractivity contribution in [1.82, 2.24) is 30.4 Å². The molecule has 0 fully saturated rings. The monoisotopic (exact) mass is 338 g/mol. The van der Waals surface area contributed by atoms with Gasteiger partial charge in [-0.2, -0.15) is 5.10 Å². The van der Waals surface area contributed by atoms with Crippen molar-refractivity contribution in [2.45, 2.75) is 6.92 Å². The van der Waals surface area contributed by atoms with Crippen molar-refractivity contribution in [3.05, 3.63) is 41.8 Å². The molecule has 0 bridgehead atoms. The molecule has 8 nitrogen and oxygen atoms in total. The highest BCUT2D eigenvalue weighted by atomic mass is 32.1. The smallest absolute Gasteiger partial charge is 0.211 e. The van der Waals surface area contributed by atoms with Crippen molar-refractivity contribution in [2.75, 3.05) is 17.3 Å². The first-order valence-corrected chi connectivity index (χ1v) is 8.07. The Morgan fingerprint density at radius 2 is 2.04 bits per heavy atom. The Labute approximate surface area is 141 Å². The molecule has 4 aromatic rings. The van der Waals surface area contributed by atoms with Crippen molar-refractivity contribution in [2.24, 2.45) is 0 Å². The number of aryl methyl sites for hydroxylation is 1. The number of aromatic nitrogens is 6. The Morgan fingerprint density at radius 3 is 2.79 bits per heavy atom. The Balaban J connectivity index is 1.67. The van der Waals surface area contributed by atoms with Gasteiger partial charge in [0.25, 0.3) is 0 Å². The minimum atomic E-state index is 0.712. The molecule has 0 aliphatic rings. The molecule has 0 amide bonds. The van der Waals surface area contributed by atoms with E-state index in [0.717, 1.165) is 32.5 Å². The number of pyridine rings is 2. The van der Waals surface area contributed by atoms with Crippen molar-refractivity contribution < 1.29 is 0 Å². The van der Waals surface area contributed by atoms with Crippen LogP contribution in [0.3, 0.4) is 0 Å². The molecule has 0 spiro atoms. The minimum Gasteiger partial charge on any atom is -0.341 e. The summed E-state index contributed by atoms with van der Waals surface area (Å²) in [7, 11) is 1.96. The van der Waals surface area contributed by atoms with Gasteiger partial charge in [-0.3, -0.25) is 10.1 Å². The summed E-state index contributed by atoms with van der Waals surface area (Å²) in [5.74, 6) is 0.712. The van der Waals surface area contributed by atoms with E-state index in [1.165, 1.54) is 11.3 Å². The molecule has 0 atom stereocenters. The Bertz CT molecular complexity index is 978. The molecule has 0 saturated carbocycles. The number of fused-ring (bicyclic) bond motifs is 1. The summed E-state index contributed by atoms with van der Waals surface area (Å²) in [5.41, 5.74) is 3.52. The zero-order valence-corrected chi connectivity index (χ0v) is 13.9. The third kappa shape index (κ3) is 2.76. The second kappa shape index (κ2) is 5.85. The van der Waals surface area contributed by atoms with E-state index in [-0.39, 0.29) is 0 Å². The fourth-order valence-electron chi connectivity index (χ4n) is 2.28. The van der Waals surface area contributed by atoms with Crippen LogP contribution in [0.4, 0.5) is 22.3 Å². The Kier molecular flexibility index (Phi) is 3.54. The van der Waals surface area contributed by atoms with E-state index < -0.39 is 0 Å². The highest BCUT2D eigenvalue weighted by Gasteiger charge is 2.08. The summed E-state index contributed by atoms with van der Waals surface area (Å²) in [6.45, 7) is 1.92. The minimum absolute atomic E-state index is 0.712. The maximum Gasteiger partial charge on any atom is 0.211 e. The summed E-state index contributed by atoms with van der Waals surface area (Å²) < 4.78 is 0. The van der Waals surface area contributed by atoms with Crippen LogP contribution in [-0.4, -0.2) is 37.4 Å². The second-order valence-electron chi connectivity index (χ2n) is 5.20. The number of nitrogens with one attached hydrogen (secondary N) is 2. The average Bonchev–Trinajstić information content (AvgIpc) is 3.25. The Morgan fingerprint density at radius 1 is 1.12 bits per heavy atom. The van der Waals surface area contributed by atoms with Crippen LogP contribution < -0.4 is 10.2 Å². The van der Waals surface area contributed by atoms with Crippen LogP contribution in [0.25, 0.3) is 11.0 Å². The first-order chi connectivity index (χ1) is 11.7. The van der Waals surface area contributed by atoms with Crippen molar-refractivity contribution in [3.63, 3.8) is 0 Å². The van der Waals surface area contributed by atoms with Crippen LogP contribution in [0.2, 0.25) is 0 Å². The molecule has 2 N–H and O–H groups in total. The summed E-state index contributed by atoms with van der Waals surface area (Å²) in [6.07, 6.45) is 5.40. The number of rotatable bonds is 4. The zero-order valence-electron chi connectivity index (χ0n) is 13.1. The van der Waals surface area contributed by atoms with Crippen LogP contribution in [-0.2, 0) is 0 Å². The van der Waals surface area contributed by atoms with Crippen LogP contribution in [0.15, 0.2) is 36.8 Å². The van der Waals surface area contributed by atoms with Crippen molar-refractivity contribution in [3.8, 4) is 0 Å². The summed E-state index contributed by atoms with van der Waals surface area (Å²) >= 11 is 1.49. The summed E-state index contributed by atoms with van der Waals surface area (Å²) in [5, 5.41) is 19.6. The van der Waals surface area contributed by atoms with Crippen LogP contribution in [0, 0.1) is 6.92 Å². The van der Waals surface area contributed by atoms with E-state index in [9.17, 15) is 0 Å². The van der Waals surface area contributed by atoms with Gasteiger partial charge in [0.2, 0.25) is 5.13 Å². The van der Waals surface area contributed by atoms with E-state index >= 15 is 0 Å². The predicted octanol–water partition coefficient (Wildman–Crippen LogP) is 3.02. The van der Waals surface area contributed by atoms with E-state index in [2.05, 4.69) is 35.7 Å². The average molecular weight is 338 g/mol. The second-order valence-corrected chi connectivity index (χ2v) is 6.38. The molecule has 0 aliphatic carbocycles. The molecule has 4 heterocycles. The number of H-pyrrole nitrogens is 1. The third-order valence-corrected chi connectivity index (χ3v) is 4.30. The Hall–Kier alpha value is -3.07. The lowest BCUT2D eigenvalue weighted by molar-refractivity contribution is 1.05. The molecule has 0 unspecified atom stereocenters. The maximum absolute atomic E-state index is 4.62. The molecule has 0 radical (unpaired) electrons. The fraction of sp³-hybridized carbons (Fsp3) is 0.133. The predicted molar refractivity (Wildman–Crippen MR) is 94.1 cm³/mol. The molecule has 4 rings (SSSR count). The van der Waals surface area contributed by atoms with Crippen molar-refractivity contribution in [1.29, 1.82) is 0 Å². The fourth-order valence-corrected chi connectivity index (χ4v) is 2.88. The number of hydrogen-bond acceptors (Lipinski definition) is 8.